The quantitative estimate of drug-likeness (QED) is 0.322. The molecule has 5 nitrogen and oxygen atoms in total. The Bertz CT molecular complexity index is 1130. The third-order valence-electron chi connectivity index (χ3n) is 4.40. The summed E-state index contributed by atoms with van der Waals surface area (Å²) in [4.78, 5) is 22.7. The Morgan fingerprint density at radius 1 is 1.03 bits per heavy atom. The molecule has 0 fully saturated rings. The Morgan fingerprint density at radius 2 is 1.70 bits per heavy atom. The number of benzene rings is 3. The minimum atomic E-state index is -4.68. The first-order chi connectivity index (χ1) is 14.1. The zero-order valence-electron chi connectivity index (χ0n) is 15.5. The molecule has 1 N–H and O–H groups in total. The molecule has 0 aromatic heterocycles. The van der Waals surface area contributed by atoms with E-state index >= 15 is 0 Å². The van der Waals surface area contributed by atoms with E-state index in [4.69, 9.17) is 0 Å². The van der Waals surface area contributed by atoms with E-state index in [2.05, 4.69) is 5.32 Å². The van der Waals surface area contributed by atoms with Gasteiger partial charge in [0.05, 0.1) is 10.5 Å². The Balaban J connectivity index is 2.10. The lowest BCUT2D eigenvalue weighted by Crippen LogP contribution is -2.16. The molecule has 0 atom stereocenters. The van der Waals surface area contributed by atoms with Gasteiger partial charge in [-0.25, -0.2) is 0 Å². The molecule has 3 aromatic rings. The molecular weight excluding hydrogens is 404 g/mol. The van der Waals surface area contributed by atoms with Gasteiger partial charge in [0.1, 0.15) is 0 Å². The predicted octanol–water partition coefficient (Wildman–Crippen LogP) is 5.98. The van der Waals surface area contributed by atoms with E-state index in [-0.39, 0.29) is 22.4 Å². The number of hydrogen-bond acceptors (Lipinski definition) is 3. The van der Waals surface area contributed by atoms with Crippen molar-refractivity contribution in [3.63, 3.8) is 0 Å². The van der Waals surface area contributed by atoms with Gasteiger partial charge in [0.25, 0.3) is 5.91 Å². The highest BCUT2D eigenvalue weighted by atomic mass is 19.4. The number of rotatable bonds is 4. The molecule has 0 spiro atoms. The maximum Gasteiger partial charge on any atom is 0.416 e. The van der Waals surface area contributed by atoms with Crippen molar-refractivity contribution in [3.8, 4) is 11.1 Å². The van der Waals surface area contributed by atoms with E-state index in [0.29, 0.717) is 5.56 Å². The molecular formula is C21H14F4N2O3. The van der Waals surface area contributed by atoms with Gasteiger partial charge in [-0.1, -0.05) is 36.4 Å². The van der Waals surface area contributed by atoms with E-state index in [1.54, 1.807) is 30.3 Å². The number of anilines is 1. The lowest BCUT2D eigenvalue weighted by molar-refractivity contribution is -0.387. The van der Waals surface area contributed by atoms with Gasteiger partial charge in [0, 0.05) is 17.3 Å². The summed E-state index contributed by atoms with van der Waals surface area (Å²) < 4.78 is 53.7. The second-order valence-corrected chi connectivity index (χ2v) is 6.45. The van der Waals surface area contributed by atoms with Crippen molar-refractivity contribution in [1.82, 2.24) is 0 Å². The van der Waals surface area contributed by atoms with Crippen LogP contribution in [0.2, 0.25) is 0 Å². The SMILES string of the molecule is Cc1cc(-c2ccccc2)c(C(=O)Nc2ccc(F)c([N+](=O)[O-])c2)cc1C(F)(F)F. The molecule has 9 heteroatoms. The monoisotopic (exact) mass is 418 g/mol. The number of hydrogen-bond donors (Lipinski definition) is 1. The van der Waals surface area contributed by atoms with Crippen LogP contribution in [-0.4, -0.2) is 10.8 Å². The highest BCUT2D eigenvalue weighted by Gasteiger charge is 2.34. The van der Waals surface area contributed by atoms with Crippen molar-refractivity contribution >= 4 is 17.3 Å². The number of nitrogens with one attached hydrogen (secondary N) is 1. The topological polar surface area (TPSA) is 72.2 Å². The molecule has 3 aromatic carbocycles. The number of amides is 1. The van der Waals surface area contributed by atoms with Gasteiger partial charge in [-0.3, -0.25) is 14.9 Å². The van der Waals surface area contributed by atoms with Crippen LogP contribution in [0.5, 0.6) is 0 Å². The first-order valence-electron chi connectivity index (χ1n) is 8.60. The van der Waals surface area contributed by atoms with Crippen molar-refractivity contribution in [3.05, 3.63) is 93.3 Å². The van der Waals surface area contributed by atoms with Crippen LogP contribution in [0.15, 0.2) is 60.7 Å². The molecule has 0 radical (unpaired) electrons. The van der Waals surface area contributed by atoms with Gasteiger partial charge in [-0.2, -0.15) is 17.6 Å². The number of carbonyl (C=O) groups excluding carboxylic acids is 1. The fourth-order valence-corrected chi connectivity index (χ4v) is 2.99. The molecule has 154 valence electrons. The van der Waals surface area contributed by atoms with Crippen LogP contribution in [0, 0.1) is 22.9 Å². The number of nitro benzene ring substituents is 1. The second-order valence-electron chi connectivity index (χ2n) is 6.45. The molecule has 0 unspecified atom stereocenters. The molecule has 0 aliphatic heterocycles. The maximum atomic E-state index is 13.5. The van der Waals surface area contributed by atoms with E-state index < -0.39 is 34.1 Å². The smallest absolute Gasteiger partial charge is 0.322 e. The normalized spacial score (nSPS) is 11.2. The van der Waals surface area contributed by atoms with Crippen LogP contribution in [0.3, 0.4) is 0 Å². The summed E-state index contributed by atoms with van der Waals surface area (Å²) in [7, 11) is 0. The van der Waals surface area contributed by atoms with Crippen LogP contribution in [0.4, 0.5) is 28.9 Å². The lowest BCUT2D eigenvalue weighted by Gasteiger charge is -2.17. The molecule has 0 bridgehead atoms. The predicted molar refractivity (Wildman–Crippen MR) is 103 cm³/mol. The Morgan fingerprint density at radius 3 is 2.30 bits per heavy atom. The average Bonchev–Trinajstić information content (AvgIpc) is 2.68. The summed E-state index contributed by atoms with van der Waals surface area (Å²) in [6, 6.07) is 13.0. The number of nitro groups is 1. The fraction of sp³-hybridized carbons (Fsp3) is 0.0952. The minimum absolute atomic E-state index is 0.0599. The number of aryl methyl sites for hydroxylation is 1. The Kier molecular flexibility index (Phi) is 5.55. The molecule has 3 rings (SSSR count). The zero-order valence-corrected chi connectivity index (χ0v) is 15.5. The molecule has 0 heterocycles. The van der Waals surface area contributed by atoms with Gasteiger partial charge in [-0.15, -0.1) is 0 Å². The highest BCUT2D eigenvalue weighted by Crippen LogP contribution is 2.36. The second kappa shape index (κ2) is 7.94. The minimum Gasteiger partial charge on any atom is -0.322 e. The van der Waals surface area contributed by atoms with E-state index in [0.717, 1.165) is 24.3 Å². The van der Waals surface area contributed by atoms with Crippen molar-refractivity contribution < 1.29 is 27.3 Å². The molecule has 0 aliphatic carbocycles. The third-order valence-corrected chi connectivity index (χ3v) is 4.40. The number of carbonyl (C=O) groups is 1. The standard InChI is InChI=1S/C21H14F4N2O3/c1-12-9-15(13-5-3-2-4-6-13)16(11-17(12)21(23,24)25)20(28)26-14-7-8-18(22)19(10-14)27(29)30/h2-11H,1H3,(H,26,28). The van der Waals surface area contributed by atoms with Crippen LogP contribution < -0.4 is 5.32 Å². The molecule has 0 saturated carbocycles. The van der Waals surface area contributed by atoms with Crippen LogP contribution in [0.25, 0.3) is 11.1 Å². The first kappa shape index (κ1) is 21.0. The summed E-state index contributed by atoms with van der Waals surface area (Å²) in [5.41, 5.74) is -1.52. The number of alkyl halides is 3. The Hall–Kier alpha value is -3.75. The van der Waals surface area contributed by atoms with Crippen LogP contribution >= 0.6 is 0 Å². The van der Waals surface area contributed by atoms with Crippen molar-refractivity contribution in [2.75, 3.05) is 5.32 Å². The van der Waals surface area contributed by atoms with E-state index in [1.807, 2.05) is 0 Å². The summed E-state index contributed by atoms with van der Waals surface area (Å²) in [6.45, 7) is 1.29. The molecule has 1 amide bonds. The van der Waals surface area contributed by atoms with Gasteiger partial charge < -0.3 is 5.32 Å². The largest absolute Gasteiger partial charge is 0.416 e. The van der Waals surface area contributed by atoms with Gasteiger partial charge in [0.15, 0.2) is 0 Å². The van der Waals surface area contributed by atoms with Crippen molar-refractivity contribution in [1.29, 1.82) is 0 Å². The van der Waals surface area contributed by atoms with E-state index in [9.17, 15) is 32.5 Å². The van der Waals surface area contributed by atoms with Crippen molar-refractivity contribution in [2.24, 2.45) is 0 Å². The van der Waals surface area contributed by atoms with Crippen LogP contribution in [-0.2, 0) is 6.18 Å². The zero-order chi connectivity index (χ0) is 22.1. The van der Waals surface area contributed by atoms with Gasteiger partial charge in [0.2, 0.25) is 5.82 Å². The fourth-order valence-electron chi connectivity index (χ4n) is 2.99. The highest BCUT2D eigenvalue weighted by molar-refractivity contribution is 6.09. The maximum absolute atomic E-state index is 13.5. The average molecular weight is 418 g/mol. The van der Waals surface area contributed by atoms with Gasteiger partial charge in [-0.05, 0) is 41.8 Å². The number of nitrogens with zero attached hydrogens (tertiary/aromatic N) is 1. The molecule has 0 aliphatic rings. The molecule has 0 saturated heterocycles. The summed E-state index contributed by atoms with van der Waals surface area (Å²) in [5.74, 6) is -2.02. The molecule has 30 heavy (non-hydrogen) atoms. The third kappa shape index (κ3) is 4.29. The summed E-state index contributed by atoms with van der Waals surface area (Å²) in [5, 5.41) is 13.2. The van der Waals surface area contributed by atoms with E-state index in [1.165, 1.54) is 13.0 Å². The Labute approximate surface area is 168 Å². The lowest BCUT2D eigenvalue weighted by atomic mass is 9.93. The number of halogens is 4. The van der Waals surface area contributed by atoms with Crippen molar-refractivity contribution in [2.45, 2.75) is 13.1 Å². The van der Waals surface area contributed by atoms with Crippen LogP contribution in [0.1, 0.15) is 21.5 Å². The first-order valence-corrected chi connectivity index (χ1v) is 8.60. The van der Waals surface area contributed by atoms with Gasteiger partial charge >= 0.3 is 11.9 Å². The summed E-state index contributed by atoms with van der Waals surface area (Å²) >= 11 is 0. The summed E-state index contributed by atoms with van der Waals surface area (Å²) in [6.07, 6.45) is -4.68.